The van der Waals surface area contributed by atoms with Gasteiger partial charge in [-0.1, -0.05) is 0 Å². The van der Waals surface area contributed by atoms with Crippen LogP contribution in [-0.4, -0.2) is 33.4 Å². The number of ether oxygens (including phenoxy) is 1. The highest BCUT2D eigenvalue weighted by atomic mass is 32.1. The van der Waals surface area contributed by atoms with Gasteiger partial charge in [-0.3, -0.25) is 14.9 Å². The highest BCUT2D eigenvalue weighted by Gasteiger charge is 2.20. The molecule has 0 radical (unpaired) electrons. The summed E-state index contributed by atoms with van der Waals surface area (Å²) in [5.41, 5.74) is 0.642. The average molecular weight is 386 g/mol. The molecule has 0 fully saturated rings. The maximum Gasteiger partial charge on any atom is 0.348 e. The van der Waals surface area contributed by atoms with Crippen LogP contribution in [0.25, 0.3) is 10.2 Å². The van der Waals surface area contributed by atoms with E-state index in [0.717, 1.165) is 16.0 Å². The smallest absolute Gasteiger partial charge is 0.348 e. The SMILES string of the molecule is CCOC(=O)c1sc2ncn(/N=C\c3ccc([N+](=O)[O-])cc3)c(=O)c2c1C. The van der Waals surface area contributed by atoms with Crippen molar-refractivity contribution in [1.29, 1.82) is 0 Å². The largest absolute Gasteiger partial charge is 0.462 e. The van der Waals surface area contributed by atoms with E-state index >= 15 is 0 Å². The number of nitro groups is 1. The number of carbonyl (C=O) groups is 1. The van der Waals surface area contributed by atoms with Crippen LogP contribution in [0.5, 0.6) is 0 Å². The summed E-state index contributed by atoms with van der Waals surface area (Å²) in [6.07, 6.45) is 2.66. The Hall–Kier alpha value is -3.40. The summed E-state index contributed by atoms with van der Waals surface area (Å²) in [5.74, 6) is -0.488. The zero-order valence-corrected chi connectivity index (χ0v) is 15.2. The third-order valence-electron chi connectivity index (χ3n) is 3.73. The van der Waals surface area contributed by atoms with E-state index in [-0.39, 0.29) is 12.3 Å². The van der Waals surface area contributed by atoms with Gasteiger partial charge in [0, 0.05) is 12.1 Å². The van der Waals surface area contributed by atoms with Gasteiger partial charge in [-0.15, -0.1) is 11.3 Å². The van der Waals surface area contributed by atoms with Crippen LogP contribution < -0.4 is 5.56 Å². The molecule has 3 aromatic rings. The monoisotopic (exact) mass is 386 g/mol. The van der Waals surface area contributed by atoms with Crippen LogP contribution in [-0.2, 0) is 4.74 Å². The van der Waals surface area contributed by atoms with E-state index in [4.69, 9.17) is 4.74 Å². The second-order valence-electron chi connectivity index (χ2n) is 5.44. The normalized spacial score (nSPS) is 11.2. The predicted octanol–water partition coefficient (Wildman–Crippen LogP) is 2.73. The molecule has 27 heavy (non-hydrogen) atoms. The van der Waals surface area contributed by atoms with E-state index < -0.39 is 16.5 Å². The topological polar surface area (TPSA) is 117 Å². The number of benzene rings is 1. The molecular weight excluding hydrogens is 372 g/mol. The number of rotatable bonds is 5. The second-order valence-corrected chi connectivity index (χ2v) is 6.44. The molecule has 0 N–H and O–H groups in total. The zero-order chi connectivity index (χ0) is 19.6. The molecule has 0 saturated heterocycles. The number of nitro benzene ring substituents is 1. The number of thiophene rings is 1. The third kappa shape index (κ3) is 3.60. The van der Waals surface area contributed by atoms with E-state index in [1.807, 2.05) is 0 Å². The van der Waals surface area contributed by atoms with E-state index in [1.54, 1.807) is 13.8 Å². The van der Waals surface area contributed by atoms with Crippen LogP contribution in [0.3, 0.4) is 0 Å². The number of esters is 1. The lowest BCUT2D eigenvalue weighted by Crippen LogP contribution is -2.17. The first-order chi connectivity index (χ1) is 12.9. The molecule has 0 bridgehead atoms. The molecule has 0 amide bonds. The minimum atomic E-state index is -0.496. The molecule has 2 aromatic heterocycles. The number of carbonyl (C=O) groups excluding carboxylic acids is 1. The van der Waals surface area contributed by atoms with Crippen LogP contribution in [0.4, 0.5) is 5.69 Å². The van der Waals surface area contributed by atoms with Gasteiger partial charge in [0.2, 0.25) is 0 Å². The first-order valence-corrected chi connectivity index (χ1v) is 8.70. The van der Waals surface area contributed by atoms with Crippen molar-refractivity contribution in [2.45, 2.75) is 13.8 Å². The van der Waals surface area contributed by atoms with E-state index in [9.17, 15) is 19.7 Å². The fourth-order valence-electron chi connectivity index (χ4n) is 2.40. The average Bonchev–Trinajstić information content (AvgIpc) is 2.99. The minimum absolute atomic E-state index is 0.0344. The lowest BCUT2D eigenvalue weighted by atomic mass is 10.2. The second kappa shape index (κ2) is 7.46. The summed E-state index contributed by atoms with van der Waals surface area (Å²) in [4.78, 5) is 39.8. The number of hydrogen-bond acceptors (Lipinski definition) is 8. The molecule has 2 heterocycles. The molecule has 0 spiro atoms. The van der Waals surface area contributed by atoms with Gasteiger partial charge in [-0.2, -0.15) is 9.78 Å². The van der Waals surface area contributed by atoms with Crippen LogP contribution in [0.15, 0.2) is 40.5 Å². The Morgan fingerprint density at radius 3 is 2.74 bits per heavy atom. The Morgan fingerprint density at radius 1 is 1.41 bits per heavy atom. The van der Waals surface area contributed by atoms with Crippen molar-refractivity contribution in [3.8, 4) is 0 Å². The Labute approximate surface area is 156 Å². The number of aromatic nitrogens is 2. The molecule has 1 aromatic carbocycles. The van der Waals surface area contributed by atoms with Crippen molar-refractivity contribution in [3.63, 3.8) is 0 Å². The standard InChI is InChI=1S/C17H14N4O5S/c1-3-26-17(23)14-10(2)13-15(27-14)18-9-20(16(13)22)19-8-11-4-6-12(7-5-11)21(24)25/h4-9H,3H2,1-2H3/b19-8-. The summed E-state index contributed by atoms with van der Waals surface area (Å²) in [7, 11) is 0. The number of nitrogens with zero attached hydrogens (tertiary/aromatic N) is 4. The van der Waals surface area contributed by atoms with Crippen molar-refractivity contribution in [1.82, 2.24) is 9.66 Å². The molecule has 3 rings (SSSR count). The van der Waals surface area contributed by atoms with Gasteiger partial charge in [0.1, 0.15) is 16.0 Å². The Morgan fingerprint density at radius 2 is 2.11 bits per heavy atom. The fourth-order valence-corrected chi connectivity index (χ4v) is 3.43. The predicted molar refractivity (Wildman–Crippen MR) is 101 cm³/mol. The Bertz CT molecular complexity index is 1110. The van der Waals surface area contributed by atoms with Crippen LogP contribution in [0.2, 0.25) is 0 Å². The molecule has 0 aliphatic carbocycles. The third-order valence-corrected chi connectivity index (χ3v) is 4.91. The van der Waals surface area contributed by atoms with Crippen molar-refractivity contribution in [2.75, 3.05) is 6.61 Å². The molecule has 9 nitrogen and oxygen atoms in total. The highest BCUT2D eigenvalue weighted by molar-refractivity contribution is 7.20. The summed E-state index contributed by atoms with van der Waals surface area (Å²) >= 11 is 1.10. The molecule has 10 heteroatoms. The van der Waals surface area contributed by atoms with E-state index in [2.05, 4.69) is 10.1 Å². The molecule has 138 valence electrons. The van der Waals surface area contributed by atoms with Crippen molar-refractivity contribution < 1.29 is 14.5 Å². The number of aryl methyl sites for hydroxylation is 1. The fraction of sp³-hybridized carbons (Fsp3) is 0.176. The van der Waals surface area contributed by atoms with Crippen molar-refractivity contribution in [3.05, 3.63) is 67.1 Å². The van der Waals surface area contributed by atoms with Gasteiger partial charge in [0.05, 0.1) is 23.1 Å². The summed E-state index contributed by atoms with van der Waals surface area (Å²) in [6, 6.07) is 5.74. The van der Waals surface area contributed by atoms with Crippen LogP contribution in [0, 0.1) is 17.0 Å². The van der Waals surface area contributed by atoms with Gasteiger partial charge in [0.15, 0.2) is 0 Å². The number of fused-ring (bicyclic) bond motifs is 1. The molecule has 0 saturated carbocycles. The summed E-state index contributed by atoms with van der Waals surface area (Å²) in [5, 5.41) is 15.0. The van der Waals surface area contributed by atoms with E-state index in [0.29, 0.717) is 26.2 Å². The Kier molecular flexibility index (Phi) is 5.08. The summed E-state index contributed by atoms with van der Waals surface area (Å²) < 4.78 is 6.05. The Balaban J connectivity index is 1.97. The molecule has 0 atom stereocenters. The first kappa shape index (κ1) is 18.4. The maximum atomic E-state index is 12.7. The van der Waals surface area contributed by atoms with E-state index in [1.165, 1.54) is 36.8 Å². The minimum Gasteiger partial charge on any atom is -0.462 e. The maximum absolute atomic E-state index is 12.7. The number of non-ortho nitro benzene ring substituents is 1. The van der Waals surface area contributed by atoms with Crippen molar-refractivity contribution >= 4 is 39.4 Å². The molecule has 0 unspecified atom stereocenters. The van der Waals surface area contributed by atoms with Crippen molar-refractivity contribution in [2.24, 2.45) is 5.10 Å². The van der Waals surface area contributed by atoms with Gasteiger partial charge < -0.3 is 4.74 Å². The molecular formula is C17H14N4O5S. The van der Waals surface area contributed by atoms with Gasteiger partial charge in [-0.25, -0.2) is 9.78 Å². The molecule has 0 aliphatic rings. The highest BCUT2D eigenvalue weighted by Crippen LogP contribution is 2.27. The lowest BCUT2D eigenvalue weighted by Gasteiger charge is -2.00. The quantitative estimate of drug-likeness (QED) is 0.288. The van der Waals surface area contributed by atoms with Gasteiger partial charge in [0.25, 0.3) is 11.2 Å². The molecule has 0 aliphatic heterocycles. The van der Waals surface area contributed by atoms with Gasteiger partial charge >= 0.3 is 5.97 Å². The number of hydrogen-bond donors (Lipinski definition) is 0. The lowest BCUT2D eigenvalue weighted by molar-refractivity contribution is -0.384. The van der Waals surface area contributed by atoms with Crippen LogP contribution in [0.1, 0.15) is 27.7 Å². The zero-order valence-electron chi connectivity index (χ0n) is 14.4. The van der Waals surface area contributed by atoms with Gasteiger partial charge in [-0.05, 0) is 37.1 Å². The first-order valence-electron chi connectivity index (χ1n) is 7.89. The summed E-state index contributed by atoms with van der Waals surface area (Å²) in [6.45, 7) is 3.61. The van der Waals surface area contributed by atoms with Crippen LogP contribution >= 0.6 is 11.3 Å².